The monoisotopic (exact) mass is 371 g/mol. The Labute approximate surface area is 164 Å². The molecule has 0 saturated heterocycles. The van der Waals surface area contributed by atoms with Gasteiger partial charge in [0.05, 0.1) is 25.1 Å². The van der Waals surface area contributed by atoms with Crippen LogP contribution in [0.15, 0.2) is 66.9 Å². The maximum atomic E-state index is 5.43. The Kier molecular flexibility index (Phi) is 4.81. The topological polar surface area (TPSA) is 56.3 Å². The number of aryl methyl sites for hydroxylation is 1. The highest BCUT2D eigenvalue weighted by atomic mass is 16.5. The highest BCUT2D eigenvalue weighted by Crippen LogP contribution is 2.31. The van der Waals surface area contributed by atoms with Crippen LogP contribution in [-0.2, 0) is 0 Å². The lowest BCUT2D eigenvalue weighted by molar-refractivity contribution is 0.397. The van der Waals surface area contributed by atoms with Crippen molar-refractivity contribution in [2.24, 2.45) is 0 Å². The first-order valence-electron chi connectivity index (χ1n) is 8.99. The predicted molar refractivity (Wildman–Crippen MR) is 113 cm³/mol. The van der Waals surface area contributed by atoms with Crippen molar-refractivity contribution in [1.82, 2.24) is 9.97 Å². The van der Waals surface area contributed by atoms with Gasteiger partial charge in [0.2, 0.25) is 0 Å². The summed E-state index contributed by atoms with van der Waals surface area (Å²) in [6.45, 7) is 2.08. The molecule has 5 nitrogen and oxygen atoms in total. The van der Waals surface area contributed by atoms with E-state index in [-0.39, 0.29) is 0 Å². The number of aromatic nitrogens is 2. The average molecular weight is 371 g/mol. The minimum Gasteiger partial charge on any atom is -0.497 e. The first-order valence-corrected chi connectivity index (χ1v) is 8.99. The van der Waals surface area contributed by atoms with Crippen LogP contribution in [0.4, 0.5) is 11.4 Å². The van der Waals surface area contributed by atoms with E-state index in [1.165, 1.54) is 5.56 Å². The maximum Gasteiger partial charge on any atom is 0.159 e. The number of fused-ring (bicyclic) bond motifs is 1. The Hall–Kier alpha value is -3.60. The molecule has 140 valence electrons. The summed E-state index contributed by atoms with van der Waals surface area (Å²) in [5, 5.41) is 4.25. The number of benzene rings is 3. The van der Waals surface area contributed by atoms with E-state index in [0.717, 1.165) is 27.8 Å². The van der Waals surface area contributed by atoms with E-state index in [0.29, 0.717) is 17.3 Å². The van der Waals surface area contributed by atoms with Crippen molar-refractivity contribution < 1.29 is 9.47 Å². The summed E-state index contributed by atoms with van der Waals surface area (Å²) in [7, 11) is 3.25. The summed E-state index contributed by atoms with van der Waals surface area (Å²) in [6, 6.07) is 20.1. The van der Waals surface area contributed by atoms with Crippen LogP contribution in [0.3, 0.4) is 0 Å². The molecule has 0 spiro atoms. The SMILES string of the molecule is COc1cc(OC)c2cnc(-c3ccc(Nc4ccc(C)cc4)cc3)nc2c1. The summed E-state index contributed by atoms with van der Waals surface area (Å²) in [6.07, 6.45) is 1.79. The van der Waals surface area contributed by atoms with Crippen LogP contribution < -0.4 is 14.8 Å². The van der Waals surface area contributed by atoms with Crippen LogP contribution >= 0.6 is 0 Å². The van der Waals surface area contributed by atoms with Gasteiger partial charge in [-0.25, -0.2) is 9.97 Å². The molecule has 0 atom stereocenters. The molecule has 0 aliphatic carbocycles. The molecule has 0 radical (unpaired) electrons. The number of ether oxygens (including phenoxy) is 2. The van der Waals surface area contributed by atoms with Gasteiger partial charge in [0.1, 0.15) is 11.5 Å². The lowest BCUT2D eigenvalue weighted by atomic mass is 10.1. The van der Waals surface area contributed by atoms with Gasteiger partial charge in [-0.2, -0.15) is 0 Å². The zero-order valence-corrected chi connectivity index (χ0v) is 16.1. The van der Waals surface area contributed by atoms with Gasteiger partial charge in [0.25, 0.3) is 0 Å². The van der Waals surface area contributed by atoms with Crippen molar-refractivity contribution >= 4 is 22.3 Å². The molecule has 0 aliphatic rings. The van der Waals surface area contributed by atoms with Crippen molar-refractivity contribution in [2.75, 3.05) is 19.5 Å². The van der Waals surface area contributed by atoms with Gasteiger partial charge in [-0.05, 0) is 43.3 Å². The van der Waals surface area contributed by atoms with E-state index in [1.807, 2.05) is 36.4 Å². The molecular weight excluding hydrogens is 350 g/mol. The summed E-state index contributed by atoms with van der Waals surface area (Å²) < 4.78 is 10.8. The van der Waals surface area contributed by atoms with Gasteiger partial charge >= 0.3 is 0 Å². The van der Waals surface area contributed by atoms with Crippen LogP contribution in [0.25, 0.3) is 22.3 Å². The Morgan fingerprint density at radius 1 is 0.821 bits per heavy atom. The van der Waals surface area contributed by atoms with E-state index < -0.39 is 0 Å². The van der Waals surface area contributed by atoms with Crippen molar-refractivity contribution in [3.63, 3.8) is 0 Å². The second-order valence-electron chi connectivity index (χ2n) is 6.52. The van der Waals surface area contributed by atoms with Gasteiger partial charge in [-0.3, -0.25) is 0 Å². The molecule has 0 bridgehead atoms. The van der Waals surface area contributed by atoms with Crippen molar-refractivity contribution in [3.05, 3.63) is 72.4 Å². The summed E-state index contributed by atoms with van der Waals surface area (Å²) in [4.78, 5) is 9.21. The summed E-state index contributed by atoms with van der Waals surface area (Å²) >= 11 is 0. The molecule has 0 saturated carbocycles. The van der Waals surface area contributed by atoms with Gasteiger partial charge in [0.15, 0.2) is 5.82 Å². The maximum absolute atomic E-state index is 5.43. The fourth-order valence-electron chi connectivity index (χ4n) is 3.01. The fourth-order valence-corrected chi connectivity index (χ4v) is 3.01. The number of anilines is 2. The van der Waals surface area contributed by atoms with E-state index in [2.05, 4.69) is 41.5 Å². The van der Waals surface area contributed by atoms with Crippen LogP contribution in [0.1, 0.15) is 5.56 Å². The molecule has 5 heteroatoms. The molecule has 1 aromatic heterocycles. The third kappa shape index (κ3) is 3.60. The lowest BCUT2D eigenvalue weighted by Gasteiger charge is -2.10. The molecule has 0 amide bonds. The Balaban J connectivity index is 1.63. The van der Waals surface area contributed by atoms with Crippen molar-refractivity contribution in [1.29, 1.82) is 0 Å². The van der Waals surface area contributed by atoms with Crippen molar-refractivity contribution in [3.8, 4) is 22.9 Å². The van der Waals surface area contributed by atoms with Crippen LogP contribution in [0.5, 0.6) is 11.5 Å². The number of hydrogen-bond donors (Lipinski definition) is 1. The minimum absolute atomic E-state index is 0.657. The largest absolute Gasteiger partial charge is 0.497 e. The fraction of sp³-hybridized carbons (Fsp3) is 0.130. The third-order valence-corrected chi connectivity index (χ3v) is 4.57. The summed E-state index contributed by atoms with van der Waals surface area (Å²) in [5.41, 5.74) is 5.03. The minimum atomic E-state index is 0.657. The zero-order chi connectivity index (χ0) is 19.5. The average Bonchev–Trinajstić information content (AvgIpc) is 2.74. The van der Waals surface area contributed by atoms with Gasteiger partial charge in [-0.1, -0.05) is 17.7 Å². The number of nitrogens with one attached hydrogen (secondary N) is 1. The number of nitrogens with zero attached hydrogens (tertiary/aromatic N) is 2. The number of hydrogen-bond acceptors (Lipinski definition) is 5. The number of methoxy groups -OCH3 is 2. The number of rotatable bonds is 5. The molecule has 0 fully saturated rings. The first-order chi connectivity index (χ1) is 13.7. The summed E-state index contributed by atoms with van der Waals surface area (Å²) in [5.74, 6) is 2.05. The second-order valence-corrected chi connectivity index (χ2v) is 6.52. The molecule has 28 heavy (non-hydrogen) atoms. The standard InChI is InChI=1S/C23H21N3O2/c1-15-4-8-17(9-5-15)25-18-10-6-16(7-11-18)23-24-14-20-21(26-23)12-19(27-2)13-22(20)28-3/h4-14,25H,1-3H3. The van der Waals surface area contributed by atoms with E-state index in [9.17, 15) is 0 Å². The molecule has 4 aromatic rings. The Morgan fingerprint density at radius 2 is 1.50 bits per heavy atom. The molecule has 1 heterocycles. The van der Waals surface area contributed by atoms with Gasteiger partial charge < -0.3 is 14.8 Å². The van der Waals surface area contributed by atoms with Gasteiger partial charge in [0, 0.05) is 35.3 Å². The highest BCUT2D eigenvalue weighted by Gasteiger charge is 2.09. The highest BCUT2D eigenvalue weighted by molar-refractivity contribution is 5.87. The molecule has 3 aromatic carbocycles. The smallest absolute Gasteiger partial charge is 0.159 e. The van der Waals surface area contributed by atoms with Crippen LogP contribution in [0, 0.1) is 6.92 Å². The van der Waals surface area contributed by atoms with E-state index in [1.54, 1.807) is 20.4 Å². The first kappa shape index (κ1) is 17.8. The van der Waals surface area contributed by atoms with E-state index in [4.69, 9.17) is 14.5 Å². The predicted octanol–water partition coefficient (Wildman–Crippen LogP) is 5.37. The van der Waals surface area contributed by atoms with Gasteiger partial charge in [-0.15, -0.1) is 0 Å². The molecule has 4 rings (SSSR count). The quantitative estimate of drug-likeness (QED) is 0.511. The lowest BCUT2D eigenvalue weighted by Crippen LogP contribution is -1.95. The van der Waals surface area contributed by atoms with Crippen LogP contribution in [-0.4, -0.2) is 24.2 Å². The molecular formula is C23H21N3O2. The van der Waals surface area contributed by atoms with Crippen LogP contribution in [0.2, 0.25) is 0 Å². The van der Waals surface area contributed by atoms with Crippen molar-refractivity contribution in [2.45, 2.75) is 6.92 Å². The Bertz CT molecular complexity index is 1110. The Morgan fingerprint density at radius 3 is 2.14 bits per heavy atom. The second kappa shape index (κ2) is 7.56. The molecule has 0 aliphatic heterocycles. The van der Waals surface area contributed by atoms with E-state index >= 15 is 0 Å². The normalized spacial score (nSPS) is 10.7. The zero-order valence-electron chi connectivity index (χ0n) is 16.1. The molecule has 0 unspecified atom stereocenters. The third-order valence-electron chi connectivity index (χ3n) is 4.57. The molecule has 1 N–H and O–H groups in total.